The molecule has 7 nitrogen and oxygen atoms in total. The van der Waals surface area contributed by atoms with Crippen LogP contribution < -0.4 is 15.4 Å². The minimum Gasteiger partial charge on any atom is -0.497 e. The highest BCUT2D eigenvalue weighted by atomic mass is 127. The first-order valence-electron chi connectivity index (χ1n) is 8.98. The molecule has 1 aliphatic heterocycles. The number of nitro benzene ring substituents is 1. The van der Waals surface area contributed by atoms with Crippen molar-refractivity contribution in [2.45, 2.75) is 0 Å². The van der Waals surface area contributed by atoms with E-state index in [4.69, 9.17) is 4.74 Å². The molecule has 0 saturated carbocycles. The third-order valence-electron chi connectivity index (χ3n) is 4.70. The molecule has 0 aromatic heterocycles. The molecule has 0 fully saturated rings. The van der Waals surface area contributed by atoms with Gasteiger partial charge < -0.3 is 15.4 Å². The summed E-state index contributed by atoms with van der Waals surface area (Å²) in [7, 11) is 1.59. The smallest absolute Gasteiger partial charge is 0.270 e. The quantitative estimate of drug-likeness (QED) is 0.213. The van der Waals surface area contributed by atoms with Gasteiger partial charge in [0.15, 0.2) is 0 Å². The molecule has 0 atom stereocenters. The number of halogens is 1. The monoisotopic (exact) mass is 513 g/mol. The summed E-state index contributed by atoms with van der Waals surface area (Å²) in [4.78, 5) is 23.7. The number of ether oxygens (including phenoxy) is 1. The number of carbonyl (C=O) groups excluding carboxylic acids is 1. The van der Waals surface area contributed by atoms with Gasteiger partial charge in [0.1, 0.15) is 5.75 Å². The Morgan fingerprint density at radius 2 is 1.77 bits per heavy atom. The summed E-state index contributed by atoms with van der Waals surface area (Å²) in [6, 6.07) is 19.3. The fourth-order valence-electron chi connectivity index (χ4n) is 3.23. The maximum Gasteiger partial charge on any atom is 0.270 e. The van der Waals surface area contributed by atoms with Crippen LogP contribution in [0.4, 0.5) is 17.1 Å². The molecule has 3 aromatic carbocycles. The lowest BCUT2D eigenvalue weighted by molar-refractivity contribution is -0.384. The number of nitrogens with one attached hydrogen (secondary N) is 2. The van der Waals surface area contributed by atoms with Gasteiger partial charge in [0.05, 0.1) is 23.3 Å². The predicted octanol–water partition coefficient (Wildman–Crippen LogP) is 5.14. The number of rotatable bonds is 5. The molecule has 1 amide bonds. The van der Waals surface area contributed by atoms with Crippen LogP contribution in [0.3, 0.4) is 0 Å². The molecule has 0 saturated heterocycles. The Balaban J connectivity index is 1.89. The first-order valence-corrected chi connectivity index (χ1v) is 10.1. The fraction of sp³-hybridized carbons (Fsp3) is 0.0455. The van der Waals surface area contributed by atoms with Crippen molar-refractivity contribution in [1.82, 2.24) is 0 Å². The number of non-ortho nitro benzene ring substituents is 1. The third kappa shape index (κ3) is 3.86. The van der Waals surface area contributed by atoms with Gasteiger partial charge >= 0.3 is 0 Å². The molecule has 3 aromatic rings. The Bertz CT molecular complexity index is 1170. The summed E-state index contributed by atoms with van der Waals surface area (Å²) >= 11 is 2.21. The molecule has 0 unspecified atom stereocenters. The Hall–Kier alpha value is -3.40. The molecule has 1 aliphatic rings. The average molecular weight is 513 g/mol. The summed E-state index contributed by atoms with van der Waals surface area (Å²) < 4.78 is 6.26. The minimum absolute atomic E-state index is 0.0749. The number of benzene rings is 3. The number of methoxy groups -OCH3 is 1. The van der Waals surface area contributed by atoms with Crippen LogP contribution in [0.1, 0.15) is 11.1 Å². The molecular weight excluding hydrogens is 497 g/mol. The third-order valence-corrected chi connectivity index (χ3v) is 5.42. The highest BCUT2D eigenvalue weighted by Gasteiger charge is 2.30. The number of fused-ring (bicyclic) bond motifs is 1. The van der Waals surface area contributed by atoms with Crippen molar-refractivity contribution in [3.05, 3.63) is 91.5 Å². The van der Waals surface area contributed by atoms with Crippen molar-refractivity contribution >= 4 is 56.8 Å². The van der Waals surface area contributed by atoms with Crippen LogP contribution >= 0.6 is 22.6 Å². The number of anilines is 2. The SMILES string of the molecule is COc1ccc(NC(=C2C(=O)Nc3ccc([N+](=O)[O-])cc32)c2ccc(I)cc2)cc1. The maximum absolute atomic E-state index is 12.9. The maximum atomic E-state index is 12.9. The molecule has 1 heterocycles. The standard InChI is InChI=1S/C22H16IN3O4/c1-30-17-9-6-15(7-10-17)24-21(13-2-4-14(23)5-3-13)20-18-12-16(26(28)29)8-11-19(18)25-22(20)27/h2-12,24H,1H3,(H,25,27). The van der Waals surface area contributed by atoms with Crippen molar-refractivity contribution < 1.29 is 14.5 Å². The van der Waals surface area contributed by atoms with E-state index in [0.29, 0.717) is 28.3 Å². The average Bonchev–Trinajstić information content (AvgIpc) is 3.08. The van der Waals surface area contributed by atoms with Gasteiger partial charge in [-0.2, -0.15) is 0 Å². The molecule has 2 N–H and O–H groups in total. The van der Waals surface area contributed by atoms with Gasteiger partial charge in [0.25, 0.3) is 11.6 Å². The zero-order chi connectivity index (χ0) is 21.3. The highest BCUT2D eigenvalue weighted by Crippen LogP contribution is 2.39. The van der Waals surface area contributed by atoms with Crippen LogP contribution in [-0.2, 0) is 4.79 Å². The number of carbonyl (C=O) groups is 1. The van der Waals surface area contributed by atoms with Crippen LogP contribution in [-0.4, -0.2) is 17.9 Å². The van der Waals surface area contributed by atoms with Gasteiger partial charge in [0.2, 0.25) is 0 Å². The van der Waals surface area contributed by atoms with E-state index >= 15 is 0 Å². The second-order valence-corrected chi connectivity index (χ2v) is 7.80. The molecule has 8 heteroatoms. The van der Waals surface area contributed by atoms with Gasteiger partial charge in [-0.25, -0.2) is 0 Å². The van der Waals surface area contributed by atoms with Crippen molar-refractivity contribution in [3.63, 3.8) is 0 Å². The van der Waals surface area contributed by atoms with E-state index in [1.54, 1.807) is 13.2 Å². The van der Waals surface area contributed by atoms with Crippen LogP contribution in [0.2, 0.25) is 0 Å². The van der Waals surface area contributed by atoms with Crippen molar-refractivity contribution in [3.8, 4) is 5.75 Å². The summed E-state index contributed by atoms with van der Waals surface area (Å²) in [5.74, 6) is 0.392. The summed E-state index contributed by atoms with van der Waals surface area (Å²) in [6.07, 6.45) is 0. The van der Waals surface area contributed by atoms with E-state index in [-0.39, 0.29) is 11.6 Å². The van der Waals surface area contributed by atoms with E-state index in [2.05, 4.69) is 33.2 Å². The largest absolute Gasteiger partial charge is 0.497 e. The highest BCUT2D eigenvalue weighted by molar-refractivity contribution is 14.1. The zero-order valence-corrected chi connectivity index (χ0v) is 18.0. The van der Waals surface area contributed by atoms with E-state index in [1.165, 1.54) is 12.1 Å². The first-order chi connectivity index (χ1) is 14.5. The number of hydrogen-bond acceptors (Lipinski definition) is 5. The van der Waals surface area contributed by atoms with Crippen LogP contribution in [0.25, 0.3) is 11.3 Å². The number of nitrogens with zero attached hydrogens (tertiary/aromatic N) is 1. The van der Waals surface area contributed by atoms with Crippen molar-refractivity contribution in [2.75, 3.05) is 17.7 Å². The Morgan fingerprint density at radius 3 is 2.40 bits per heavy atom. The normalized spacial score (nSPS) is 14.0. The Kier molecular flexibility index (Phi) is 5.40. The second kappa shape index (κ2) is 8.15. The topological polar surface area (TPSA) is 93.5 Å². The van der Waals surface area contributed by atoms with Gasteiger partial charge in [-0.3, -0.25) is 14.9 Å². The number of amides is 1. The van der Waals surface area contributed by atoms with Crippen LogP contribution in [0.5, 0.6) is 5.75 Å². The molecule has 0 aliphatic carbocycles. The fourth-order valence-corrected chi connectivity index (χ4v) is 3.59. The number of hydrogen-bond donors (Lipinski definition) is 2. The van der Waals surface area contributed by atoms with Gasteiger partial charge in [-0.1, -0.05) is 12.1 Å². The summed E-state index contributed by atoms with van der Waals surface area (Å²) in [6.45, 7) is 0. The molecule has 0 bridgehead atoms. The van der Waals surface area contributed by atoms with Crippen molar-refractivity contribution in [1.29, 1.82) is 0 Å². The Labute approximate surface area is 186 Å². The van der Waals surface area contributed by atoms with Crippen LogP contribution in [0, 0.1) is 13.7 Å². The lowest BCUT2D eigenvalue weighted by Crippen LogP contribution is -2.10. The molecule has 4 rings (SSSR count). The number of nitro groups is 1. The minimum atomic E-state index is -0.470. The van der Waals surface area contributed by atoms with Gasteiger partial charge in [-0.05, 0) is 70.6 Å². The summed E-state index contributed by atoms with van der Waals surface area (Å²) in [5.41, 5.74) is 3.41. The lowest BCUT2D eigenvalue weighted by Gasteiger charge is -2.15. The van der Waals surface area contributed by atoms with E-state index in [9.17, 15) is 14.9 Å². The van der Waals surface area contributed by atoms with Crippen LogP contribution in [0.15, 0.2) is 66.7 Å². The summed E-state index contributed by atoms with van der Waals surface area (Å²) in [5, 5.41) is 17.4. The molecule has 0 spiro atoms. The zero-order valence-electron chi connectivity index (χ0n) is 15.8. The Morgan fingerprint density at radius 1 is 1.07 bits per heavy atom. The van der Waals surface area contributed by atoms with Crippen molar-refractivity contribution in [2.24, 2.45) is 0 Å². The molecular formula is C22H16IN3O4. The van der Waals surface area contributed by atoms with E-state index in [1.807, 2.05) is 48.5 Å². The molecule has 150 valence electrons. The second-order valence-electron chi connectivity index (χ2n) is 6.55. The van der Waals surface area contributed by atoms with Gasteiger partial charge in [-0.15, -0.1) is 0 Å². The van der Waals surface area contributed by atoms with E-state index in [0.717, 1.165) is 14.8 Å². The lowest BCUT2D eigenvalue weighted by atomic mass is 9.99. The predicted molar refractivity (Wildman–Crippen MR) is 124 cm³/mol. The first kappa shape index (κ1) is 19.9. The van der Waals surface area contributed by atoms with E-state index < -0.39 is 4.92 Å². The molecule has 30 heavy (non-hydrogen) atoms. The molecule has 0 radical (unpaired) electrons. The van der Waals surface area contributed by atoms with Gasteiger partial charge in [0, 0.05) is 32.6 Å².